The van der Waals surface area contributed by atoms with Crippen molar-refractivity contribution < 1.29 is 17.9 Å². The SMILES string of the molecule is COC(=O)C1CNCCN1c1ncnc2c1c(C1CC1)cn2S(=O)(=O)c1ccc(C)cc1. The van der Waals surface area contributed by atoms with E-state index in [0.717, 1.165) is 24.0 Å². The largest absolute Gasteiger partial charge is 0.467 e. The van der Waals surface area contributed by atoms with Crippen LogP contribution >= 0.6 is 0 Å². The van der Waals surface area contributed by atoms with Crippen LogP contribution in [0, 0.1) is 6.92 Å². The molecule has 1 unspecified atom stereocenters. The van der Waals surface area contributed by atoms with Crippen molar-refractivity contribution in [3.8, 4) is 0 Å². The summed E-state index contributed by atoms with van der Waals surface area (Å²) >= 11 is 0. The van der Waals surface area contributed by atoms with Gasteiger partial charge in [-0.25, -0.2) is 27.2 Å². The normalized spacial score (nSPS) is 19.3. The molecule has 1 saturated carbocycles. The molecule has 2 aromatic heterocycles. The number of hydrogen-bond donors (Lipinski definition) is 1. The Bertz CT molecular complexity index is 1280. The minimum atomic E-state index is -3.85. The second kappa shape index (κ2) is 7.86. The lowest BCUT2D eigenvalue weighted by Crippen LogP contribution is -2.55. The topological polar surface area (TPSA) is 106 Å². The van der Waals surface area contributed by atoms with Gasteiger partial charge in [-0.2, -0.15) is 0 Å². The van der Waals surface area contributed by atoms with Crippen molar-refractivity contribution >= 4 is 32.8 Å². The Hall–Kier alpha value is -2.98. The van der Waals surface area contributed by atoms with Crippen molar-refractivity contribution in [2.75, 3.05) is 31.6 Å². The molecule has 32 heavy (non-hydrogen) atoms. The Labute approximate surface area is 186 Å². The lowest BCUT2D eigenvalue weighted by atomic mass is 10.1. The summed E-state index contributed by atoms with van der Waals surface area (Å²) in [7, 11) is -2.48. The van der Waals surface area contributed by atoms with E-state index in [1.165, 1.54) is 17.4 Å². The maximum absolute atomic E-state index is 13.5. The Morgan fingerprint density at radius 2 is 1.94 bits per heavy atom. The molecule has 10 heteroatoms. The van der Waals surface area contributed by atoms with Crippen molar-refractivity contribution in [2.45, 2.75) is 36.6 Å². The molecule has 1 atom stereocenters. The standard InChI is InChI=1S/C22H25N5O4S/c1-14-3-7-16(8-4-14)32(29,30)27-12-17(15-5-6-15)19-20(24-13-25-21(19)27)26-10-9-23-11-18(26)22(28)31-2/h3-4,7-8,12-13,15,18,23H,5-6,9-11H2,1-2H3. The highest BCUT2D eigenvalue weighted by Gasteiger charge is 2.36. The monoisotopic (exact) mass is 455 g/mol. The zero-order chi connectivity index (χ0) is 22.5. The lowest BCUT2D eigenvalue weighted by Gasteiger charge is -2.35. The third-order valence-electron chi connectivity index (χ3n) is 6.14. The van der Waals surface area contributed by atoms with Gasteiger partial charge in [-0.05, 0) is 43.4 Å². The van der Waals surface area contributed by atoms with E-state index in [0.29, 0.717) is 36.5 Å². The van der Waals surface area contributed by atoms with Crippen molar-refractivity contribution in [1.29, 1.82) is 0 Å². The molecule has 2 aliphatic rings. The van der Waals surface area contributed by atoms with Crippen molar-refractivity contribution in [3.63, 3.8) is 0 Å². The molecule has 1 N–H and O–H groups in total. The number of ether oxygens (including phenoxy) is 1. The zero-order valence-corrected chi connectivity index (χ0v) is 18.8. The van der Waals surface area contributed by atoms with Crippen molar-refractivity contribution in [2.24, 2.45) is 0 Å². The number of piperazine rings is 1. The Morgan fingerprint density at radius 1 is 1.19 bits per heavy atom. The number of aromatic nitrogens is 3. The van der Waals surface area contributed by atoms with Gasteiger partial charge in [0.2, 0.25) is 0 Å². The maximum atomic E-state index is 13.5. The summed E-state index contributed by atoms with van der Waals surface area (Å²) in [6, 6.07) is 6.24. The van der Waals surface area contributed by atoms with Gasteiger partial charge in [-0.1, -0.05) is 17.7 Å². The second-order valence-electron chi connectivity index (χ2n) is 8.30. The van der Waals surface area contributed by atoms with Crippen LogP contribution in [-0.4, -0.2) is 61.1 Å². The van der Waals surface area contributed by atoms with Crippen LogP contribution < -0.4 is 10.2 Å². The molecular formula is C22H25N5O4S. The number of benzene rings is 1. The highest BCUT2D eigenvalue weighted by atomic mass is 32.2. The highest BCUT2D eigenvalue weighted by Crippen LogP contribution is 2.46. The minimum Gasteiger partial charge on any atom is -0.467 e. The van der Waals surface area contributed by atoms with E-state index in [2.05, 4.69) is 15.3 Å². The van der Waals surface area contributed by atoms with Crippen LogP contribution in [0.15, 0.2) is 41.7 Å². The number of aryl methyl sites for hydroxylation is 1. The van der Waals surface area contributed by atoms with Crippen molar-refractivity contribution in [1.82, 2.24) is 19.3 Å². The van der Waals surface area contributed by atoms with E-state index in [1.54, 1.807) is 30.5 Å². The first-order valence-corrected chi connectivity index (χ1v) is 12.1. The molecule has 5 rings (SSSR count). The molecule has 9 nitrogen and oxygen atoms in total. The second-order valence-corrected chi connectivity index (χ2v) is 10.1. The number of hydrogen-bond acceptors (Lipinski definition) is 8. The van der Waals surface area contributed by atoms with Crippen LogP contribution in [-0.2, 0) is 19.6 Å². The van der Waals surface area contributed by atoms with Gasteiger partial charge in [0, 0.05) is 25.8 Å². The number of carbonyl (C=O) groups excluding carboxylic acids is 1. The lowest BCUT2D eigenvalue weighted by molar-refractivity contribution is -0.142. The average molecular weight is 456 g/mol. The molecule has 1 aromatic carbocycles. The number of methoxy groups -OCH3 is 1. The number of fused-ring (bicyclic) bond motifs is 1. The van der Waals surface area contributed by atoms with Gasteiger partial charge in [0.05, 0.1) is 17.4 Å². The molecule has 0 bridgehead atoms. The van der Waals surface area contributed by atoms with Crippen LogP contribution in [0.1, 0.15) is 29.9 Å². The van der Waals surface area contributed by atoms with Gasteiger partial charge in [0.1, 0.15) is 18.2 Å². The summed E-state index contributed by atoms with van der Waals surface area (Å²) < 4.78 is 33.3. The van der Waals surface area contributed by atoms with E-state index in [1.807, 2.05) is 11.8 Å². The molecule has 3 heterocycles. The fraction of sp³-hybridized carbons (Fsp3) is 0.409. The minimum absolute atomic E-state index is 0.206. The summed E-state index contributed by atoms with van der Waals surface area (Å²) in [5, 5.41) is 3.91. The van der Waals surface area contributed by atoms with Crippen LogP contribution in [0.3, 0.4) is 0 Å². The molecule has 1 saturated heterocycles. The average Bonchev–Trinajstić information content (AvgIpc) is 3.58. The first-order chi connectivity index (χ1) is 15.4. The summed E-state index contributed by atoms with van der Waals surface area (Å²) in [4.78, 5) is 23.5. The smallest absolute Gasteiger partial charge is 0.329 e. The molecule has 1 aliphatic carbocycles. The Morgan fingerprint density at radius 3 is 2.62 bits per heavy atom. The number of rotatable bonds is 5. The molecule has 0 amide bonds. The Balaban J connectivity index is 1.70. The summed E-state index contributed by atoms with van der Waals surface area (Å²) in [5.41, 5.74) is 2.23. The molecule has 0 radical (unpaired) electrons. The first kappa shape index (κ1) is 20.9. The molecular weight excluding hydrogens is 430 g/mol. The first-order valence-electron chi connectivity index (χ1n) is 10.6. The van der Waals surface area contributed by atoms with Gasteiger partial charge >= 0.3 is 5.97 Å². The van der Waals surface area contributed by atoms with Crippen LogP contribution in [0.25, 0.3) is 11.0 Å². The third kappa shape index (κ3) is 3.43. The van der Waals surface area contributed by atoms with E-state index < -0.39 is 16.1 Å². The zero-order valence-electron chi connectivity index (χ0n) is 18.0. The van der Waals surface area contributed by atoms with Crippen LogP contribution in [0.4, 0.5) is 5.82 Å². The predicted molar refractivity (Wildman–Crippen MR) is 119 cm³/mol. The molecule has 3 aromatic rings. The van der Waals surface area contributed by atoms with Gasteiger partial charge in [0.25, 0.3) is 10.0 Å². The number of esters is 1. The summed E-state index contributed by atoms with van der Waals surface area (Å²) in [6.07, 6.45) is 5.02. The quantitative estimate of drug-likeness (QED) is 0.581. The number of anilines is 1. The van der Waals surface area contributed by atoms with Gasteiger partial charge in [-0.15, -0.1) is 0 Å². The molecule has 2 fully saturated rings. The summed E-state index contributed by atoms with van der Waals surface area (Å²) in [6.45, 7) is 3.57. The molecule has 0 spiro atoms. The van der Waals surface area contributed by atoms with E-state index >= 15 is 0 Å². The van der Waals surface area contributed by atoms with E-state index in [4.69, 9.17) is 4.74 Å². The molecule has 1 aliphatic heterocycles. The third-order valence-corrected chi connectivity index (χ3v) is 7.81. The highest BCUT2D eigenvalue weighted by molar-refractivity contribution is 7.90. The fourth-order valence-electron chi connectivity index (χ4n) is 4.28. The number of nitrogens with one attached hydrogen (secondary N) is 1. The van der Waals surface area contributed by atoms with Gasteiger partial charge in [0.15, 0.2) is 5.65 Å². The maximum Gasteiger partial charge on any atom is 0.329 e. The van der Waals surface area contributed by atoms with Crippen LogP contribution in [0.5, 0.6) is 0 Å². The van der Waals surface area contributed by atoms with Gasteiger partial charge < -0.3 is 15.0 Å². The predicted octanol–water partition coefficient (Wildman–Crippen LogP) is 1.81. The van der Waals surface area contributed by atoms with E-state index in [9.17, 15) is 13.2 Å². The summed E-state index contributed by atoms with van der Waals surface area (Å²) in [5.74, 6) is 0.478. The Kier molecular flexibility index (Phi) is 5.13. The van der Waals surface area contributed by atoms with Crippen molar-refractivity contribution in [3.05, 3.63) is 47.9 Å². The van der Waals surface area contributed by atoms with Gasteiger partial charge in [-0.3, -0.25) is 0 Å². The number of carbonyl (C=O) groups is 1. The molecule has 168 valence electrons. The fourth-order valence-corrected chi connectivity index (χ4v) is 5.60. The van der Waals surface area contributed by atoms with Crippen LogP contribution in [0.2, 0.25) is 0 Å². The van der Waals surface area contributed by atoms with E-state index in [-0.39, 0.29) is 16.8 Å². The number of nitrogens with zero attached hydrogens (tertiary/aromatic N) is 4.